The number of hydrogen-bond donors (Lipinski definition) is 2. The molecule has 88 valence electrons. The highest BCUT2D eigenvalue weighted by molar-refractivity contribution is 9.10. The highest BCUT2D eigenvalue weighted by Crippen LogP contribution is 2.29. The van der Waals surface area contributed by atoms with Crippen LogP contribution in [0.1, 0.15) is 12.5 Å². The number of anilines is 1. The van der Waals surface area contributed by atoms with Crippen molar-refractivity contribution < 1.29 is 9.90 Å². The summed E-state index contributed by atoms with van der Waals surface area (Å²) in [5, 5.41) is 12.5. The molecule has 3 nitrogen and oxygen atoms in total. The summed E-state index contributed by atoms with van der Waals surface area (Å²) >= 11 is 9.39. The molecule has 1 rings (SSSR count). The van der Waals surface area contributed by atoms with E-state index in [9.17, 15) is 4.79 Å². The molecule has 0 spiro atoms. The molecular weight excluding hydrogens is 293 g/mol. The number of aryl methyl sites for hydroxylation is 1. The Morgan fingerprint density at radius 3 is 2.81 bits per heavy atom. The van der Waals surface area contributed by atoms with Gasteiger partial charge in [0.15, 0.2) is 0 Å². The highest BCUT2D eigenvalue weighted by Gasteiger charge is 2.11. The van der Waals surface area contributed by atoms with E-state index in [2.05, 4.69) is 21.2 Å². The first kappa shape index (κ1) is 13.3. The summed E-state index contributed by atoms with van der Waals surface area (Å²) in [5.74, 6) is -1.26. The fourth-order valence-corrected chi connectivity index (χ4v) is 1.89. The standard InChI is InChI=1S/C11H13BrClNO2/c1-6-3-8(12)10(4-9(6)13)14-5-7(2)11(15)16/h3-4,7,14H,5H2,1-2H3,(H,15,16). The molecule has 2 N–H and O–H groups in total. The molecule has 0 radical (unpaired) electrons. The minimum atomic E-state index is -0.818. The zero-order valence-electron chi connectivity index (χ0n) is 9.05. The van der Waals surface area contributed by atoms with Gasteiger partial charge in [-0.1, -0.05) is 18.5 Å². The van der Waals surface area contributed by atoms with Gasteiger partial charge in [0.2, 0.25) is 0 Å². The van der Waals surface area contributed by atoms with Crippen molar-refractivity contribution in [1.29, 1.82) is 0 Å². The van der Waals surface area contributed by atoms with Crippen molar-refractivity contribution in [2.45, 2.75) is 13.8 Å². The maximum absolute atomic E-state index is 10.6. The number of halogens is 2. The van der Waals surface area contributed by atoms with Crippen LogP contribution < -0.4 is 5.32 Å². The van der Waals surface area contributed by atoms with E-state index in [1.807, 2.05) is 13.0 Å². The summed E-state index contributed by atoms with van der Waals surface area (Å²) in [5.41, 5.74) is 1.79. The molecule has 0 aliphatic heterocycles. The van der Waals surface area contributed by atoms with Gasteiger partial charge in [0, 0.05) is 21.7 Å². The molecule has 0 aromatic heterocycles. The van der Waals surface area contributed by atoms with Gasteiger partial charge in [0.05, 0.1) is 5.92 Å². The van der Waals surface area contributed by atoms with Crippen molar-refractivity contribution in [2.75, 3.05) is 11.9 Å². The summed E-state index contributed by atoms with van der Waals surface area (Å²) < 4.78 is 0.881. The number of benzene rings is 1. The van der Waals surface area contributed by atoms with E-state index in [0.717, 1.165) is 15.7 Å². The van der Waals surface area contributed by atoms with E-state index < -0.39 is 11.9 Å². The van der Waals surface area contributed by atoms with Crippen LogP contribution >= 0.6 is 27.5 Å². The largest absolute Gasteiger partial charge is 0.481 e. The van der Waals surface area contributed by atoms with Gasteiger partial charge in [-0.15, -0.1) is 0 Å². The quantitative estimate of drug-likeness (QED) is 0.894. The third-order valence-corrected chi connectivity index (χ3v) is 3.33. The minimum Gasteiger partial charge on any atom is -0.481 e. The maximum Gasteiger partial charge on any atom is 0.308 e. The van der Waals surface area contributed by atoms with Gasteiger partial charge in [-0.3, -0.25) is 4.79 Å². The van der Waals surface area contributed by atoms with Crippen LogP contribution in [-0.4, -0.2) is 17.6 Å². The summed E-state index contributed by atoms with van der Waals surface area (Å²) in [6.45, 7) is 3.93. The molecule has 0 saturated heterocycles. The first-order chi connectivity index (χ1) is 7.41. The Hall–Kier alpha value is -0.740. The number of carbonyl (C=O) groups is 1. The van der Waals surface area contributed by atoms with E-state index in [1.54, 1.807) is 13.0 Å². The molecule has 0 aliphatic rings. The van der Waals surface area contributed by atoms with Crippen molar-refractivity contribution in [2.24, 2.45) is 5.92 Å². The average molecular weight is 307 g/mol. The van der Waals surface area contributed by atoms with Crippen LogP contribution in [0.5, 0.6) is 0 Å². The highest BCUT2D eigenvalue weighted by atomic mass is 79.9. The lowest BCUT2D eigenvalue weighted by atomic mass is 10.1. The molecule has 1 atom stereocenters. The van der Waals surface area contributed by atoms with Crippen LogP contribution in [0, 0.1) is 12.8 Å². The Balaban J connectivity index is 2.74. The van der Waals surface area contributed by atoms with Crippen LogP contribution in [0.25, 0.3) is 0 Å². The van der Waals surface area contributed by atoms with E-state index in [0.29, 0.717) is 11.6 Å². The minimum absolute atomic E-state index is 0.368. The number of hydrogen-bond acceptors (Lipinski definition) is 2. The lowest BCUT2D eigenvalue weighted by Gasteiger charge is -2.12. The molecule has 0 fully saturated rings. The van der Waals surface area contributed by atoms with Gasteiger partial charge in [-0.25, -0.2) is 0 Å². The van der Waals surface area contributed by atoms with Crippen molar-refractivity contribution in [3.8, 4) is 0 Å². The molecule has 0 saturated carbocycles. The predicted octanol–water partition coefficient (Wildman–Crippen LogP) is 3.54. The zero-order chi connectivity index (χ0) is 12.3. The predicted molar refractivity (Wildman–Crippen MR) is 69.2 cm³/mol. The van der Waals surface area contributed by atoms with Gasteiger partial charge < -0.3 is 10.4 Å². The molecule has 1 aromatic carbocycles. The number of rotatable bonds is 4. The number of nitrogens with one attached hydrogen (secondary N) is 1. The molecule has 0 bridgehead atoms. The first-order valence-corrected chi connectivity index (χ1v) is 6.01. The van der Waals surface area contributed by atoms with Crippen molar-refractivity contribution >= 4 is 39.2 Å². The molecule has 16 heavy (non-hydrogen) atoms. The number of carboxylic acid groups (broad SMARTS) is 1. The van der Waals surface area contributed by atoms with Gasteiger partial charge in [-0.2, -0.15) is 0 Å². The molecule has 0 aliphatic carbocycles. The Morgan fingerprint density at radius 1 is 1.62 bits per heavy atom. The zero-order valence-corrected chi connectivity index (χ0v) is 11.4. The second kappa shape index (κ2) is 5.55. The summed E-state index contributed by atoms with van der Waals surface area (Å²) in [6, 6.07) is 3.69. The third kappa shape index (κ3) is 3.39. The number of carboxylic acids is 1. The normalized spacial score (nSPS) is 12.2. The Bertz CT molecular complexity index is 409. The van der Waals surface area contributed by atoms with Gasteiger partial charge in [0.1, 0.15) is 0 Å². The fraction of sp³-hybridized carbons (Fsp3) is 0.364. The average Bonchev–Trinajstić information content (AvgIpc) is 2.20. The lowest BCUT2D eigenvalue weighted by molar-refractivity contribution is -0.140. The summed E-state index contributed by atoms with van der Waals surface area (Å²) in [6.07, 6.45) is 0. The molecule has 1 aromatic rings. The van der Waals surface area contributed by atoms with Crippen LogP contribution in [0.4, 0.5) is 5.69 Å². The SMILES string of the molecule is Cc1cc(Br)c(NCC(C)C(=O)O)cc1Cl. The molecular formula is C11H13BrClNO2. The first-order valence-electron chi connectivity index (χ1n) is 4.84. The molecule has 0 heterocycles. The van der Waals surface area contributed by atoms with Gasteiger partial charge in [0.25, 0.3) is 0 Å². The lowest BCUT2D eigenvalue weighted by Crippen LogP contribution is -2.19. The third-order valence-electron chi connectivity index (χ3n) is 2.27. The molecule has 5 heteroatoms. The monoisotopic (exact) mass is 305 g/mol. The van der Waals surface area contributed by atoms with E-state index in [-0.39, 0.29) is 0 Å². The second-order valence-electron chi connectivity index (χ2n) is 3.70. The van der Waals surface area contributed by atoms with Crippen LogP contribution in [-0.2, 0) is 4.79 Å². The van der Waals surface area contributed by atoms with Crippen LogP contribution in [0.3, 0.4) is 0 Å². The summed E-state index contributed by atoms with van der Waals surface area (Å²) in [7, 11) is 0. The van der Waals surface area contributed by atoms with Gasteiger partial charge in [-0.05, 0) is 40.5 Å². The Labute approximate surface area is 108 Å². The Morgan fingerprint density at radius 2 is 2.25 bits per heavy atom. The van der Waals surface area contributed by atoms with E-state index >= 15 is 0 Å². The van der Waals surface area contributed by atoms with E-state index in [1.165, 1.54) is 0 Å². The van der Waals surface area contributed by atoms with Crippen LogP contribution in [0.15, 0.2) is 16.6 Å². The fourth-order valence-electron chi connectivity index (χ4n) is 1.13. The van der Waals surface area contributed by atoms with Gasteiger partial charge >= 0.3 is 5.97 Å². The smallest absolute Gasteiger partial charge is 0.308 e. The van der Waals surface area contributed by atoms with Crippen molar-refractivity contribution in [3.05, 3.63) is 27.2 Å². The van der Waals surface area contributed by atoms with Crippen molar-refractivity contribution in [1.82, 2.24) is 0 Å². The maximum atomic E-state index is 10.6. The Kier molecular flexibility index (Phi) is 4.62. The summed E-state index contributed by atoms with van der Waals surface area (Å²) in [4.78, 5) is 10.6. The topological polar surface area (TPSA) is 49.3 Å². The van der Waals surface area contributed by atoms with E-state index in [4.69, 9.17) is 16.7 Å². The molecule has 1 unspecified atom stereocenters. The second-order valence-corrected chi connectivity index (χ2v) is 4.96. The van der Waals surface area contributed by atoms with Crippen molar-refractivity contribution in [3.63, 3.8) is 0 Å². The molecule has 0 amide bonds. The van der Waals surface area contributed by atoms with Crippen LogP contribution in [0.2, 0.25) is 5.02 Å². The number of aliphatic carboxylic acids is 1.